The van der Waals surface area contributed by atoms with Crippen LogP contribution in [0.3, 0.4) is 0 Å². The molecule has 1 amide bonds. The average molecular weight is 389 g/mol. The van der Waals surface area contributed by atoms with Gasteiger partial charge in [0.25, 0.3) is 11.6 Å². The van der Waals surface area contributed by atoms with Gasteiger partial charge in [0, 0.05) is 46.7 Å². The van der Waals surface area contributed by atoms with Gasteiger partial charge in [-0.3, -0.25) is 14.9 Å². The Labute approximate surface area is 160 Å². The smallest absolute Gasteiger partial charge is 0.331 e. The molecule has 1 aromatic heterocycles. The van der Waals surface area contributed by atoms with E-state index < -0.39 is 16.8 Å². The molecule has 0 saturated carbocycles. The number of nitrogens with zero attached hydrogens (tertiary/aromatic N) is 1. The second-order valence-corrected chi connectivity index (χ2v) is 6.79. The van der Waals surface area contributed by atoms with Crippen molar-refractivity contribution >= 4 is 40.7 Å². The second-order valence-electron chi connectivity index (χ2n) is 5.47. The van der Waals surface area contributed by atoms with E-state index in [2.05, 4.69) is 10.6 Å². The van der Waals surface area contributed by atoms with Crippen molar-refractivity contribution in [3.05, 3.63) is 62.3 Å². The molecular weight excluding hydrogens is 370 g/mol. The number of carbonyl (C=O) groups excluding carboxylic acids is 2. The Morgan fingerprint density at radius 3 is 2.56 bits per heavy atom. The summed E-state index contributed by atoms with van der Waals surface area (Å²) in [6.07, 6.45) is 2.93. The predicted octanol–water partition coefficient (Wildman–Crippen LogP) is 2.75. The number of anilines is 1. The monoisotopic (exact) mass is 389 g/mol. The Morgan fingerprint density at radius 1 is 1.19 bits per heavy atom. The summed E-state index contributed by atoms with van der Waals surface area (Å²) in [6, 6.07) is 9.81. The first-order valence-electron chi connectivity index (χ1n) is 8.10. The second kappa shape index (κ2) is 10.1. The number of thiophene rings is 1. The third-order valence-corrected chi connectivity index (χ3v) is 4.31. The maximum Gasteiger partial charge on any atom is 0.331 e. The SMILES string of the molecule is Cc1ccc(/C=C/C(=O)OCC(=O)NCCNc2ccc([N+](=O)[O-])cc2)s1. The van der Waals surface area contributed by atoms with E-state index >= 15 is 0 Å². The molecule has 0 unspecified atom stereocenters. The van der Waals surface area contributed by atoms with Crippen LogP contribution in [-0.4, -0.2) is 36.5 Å². The first-order valence-corrected chi connectivity index (χ1v) is 8.92. The van der Waals surface area contributed by atoms with Gasteiger partial charge in [-0.25, -0.2) is 4.79 Å². The summed E-state index contributed by atoms with van der Waals surface area (Å²) in [4.78, 5) is 35.4. The van der Waals surface area contributed by atoms with E-state index in [1.165, 1.54) is 18.2 Å². The van der Waals surface area contributed by atoms with Crippen molar-refractivity contribution in [1.29, 1.82) is 0 Å². The van der Waals surface area contributed by atoms with E-state index in [0.717, 1.165) is 9.75 Å². The summed E-state index contributed by atoms with van der Waals surface area (Å²) in [5.74, 6) is -0.991. The molecule has 1 heterocycles. The van der Waals surface area contributed by atoms with Crippen molar-refractivity contribution in [3.63, 3.8) is 0 Å². The number of hydrogen-bond acceptors (Lipinski definition) is 7. The molecule has 0 fully saturated rings. The topological polar surface area (TPSA) is 111 Å². The minimum Gasteiger partial charge on any atom is -0.452 e. The number of amides is 1. The Hall–Kier alpha value is -3.20. The minimum atomic E-state index is -0.583. The summed E-state index contributed by atoms with van der Waals surface area (Å²) in [7, 11) is 0. The fourth-order valence-electron chi connectivity index (χ4n) is 2.04. The molecule has 8 nitrogen and oxygen atoms in total. The van der Waals surface area contributed by atoms with Crippen LogP contribution in [-0.2, 0) is 14.3 Å². The molecule has 0 aliphatic rings. The number of aryl methyl sites for hydroxylation is 1. The predicted molar refractivity (Wildman–Crippen MR) is 104 cm³/mol. The quantitative estimate of drug-likeness (QED) is 0.224. The lowest BCUT2D eigenvalue weighted by Gasteiger charge is -2.08. The lowest BCUT2D eigenvalue weighted by molar-refractivity contribution is -0.384. The largest absolute Gasteiger partial charge is 0.452 e. The Bertz CT molecular complexity index is 830. The van der Waals surface area contributed by atoms with Crippen molar-refractivity contribution in [2.24, 2.45) is 0 Å². The molecule has 1 aromatic carbocycles. The van der Waals surface area contributed by atoms with Crippen molar-refractivity contribution in [3.8, 4) is 0 Å². The van der Waals surface area contributed by atoms with E-state index in [9.17, 15) is 19.7 Å². The van der Waals surface area contributed by atoms with E-state index in [4.69, 9.17) is 4.74 Å². The highest BCUT2D eigenvalue weighted by Gasteiger charge is 2.06. The first-order chi connectivity index (χ1) is 12.9. The fourth-order valence-corrected chi connectivity index (χ4v) is 2.82. The third-order valence-electron chi connectivity index (χ3n) is 3.34. The molecular formula is C18H19N3O5S. The fraction of sp³-hybridized carbons (Fsp3) is 0.222. The summed E-state index contributed by atoms with van der Waals surface area (Å²) in [6.45, 7) is 2.36. The van der Waals surface area contributed by atoms with Crippen LogP contribution >= 0.6 is 11.3 Å². The molecule has 2 rings (SSSR count). The number of carbonyl (C=O) groups is 2. The summed E-state index contributed by atoms with van der Waals surface area (Å²) < 4.78 is 4.87. The first kappa shape index (κ1) is 20.1. The van der Waals surface area contributed by atoms with Crippen LogP contribution in [0.25, 0.3) is 6.08 Å². The number of nitrogens with one attached hydrogen (secondary N) is 2. The zero-order valence-corrected chi connectivity index (χ0v) is 15.5. The molecule has 0 atom stereocenters. The van der Waals surface area contributed by atoms with Crippen LogP contribution < -0.4 is 10.6 Å². The highest BCUT2D eigenvalue weighted by atomic mass is 32.1. The van der Waals surface area contributed by atoms with Crippen LogP contribution in [0.1, 0.15) is 9.75 Å². The van der Waals surface area contributed by atoms with Gasteiger partial charge in [0.1, 0.15) is 0 Å². The van der Waals surface area contributed by atoms with Crippen molar-refractivity contribution in [1.82, 2.24) is 5.32 Å². The van der Waals surface area contributed by atoms with Crippen LogP contribution in [0, 0.1) is 17.0 Å². The summed E-state index contributed by atoms with van der Waals surface area (Å²) in [5, 5.41) is 16.2. The van der Waals surface area contributed by atoms with E-state index in [0.29, 0.717) is 18.8 Å². The molecule has 9 heteroatoms. The van der Waals surface area contributed by atoms with Gasteiger partial charge in [-0.05, 0) is 37.3 Å². The van der Waals surface area contributed by atoms with Gasteiger partial charge in [-0.1, -0.05) is 0 Å². The maximum absolute atomic E-state index is 11.6. The molecule has 142 valence electrons. The lowest BCUT2D eigenvalue weighted by Crippen LogP contribution is -2.32. The van der Waals surface area contributed by atoms with E-state index in [1.54, 1.807) is 29.5 Å². The standard InChI is InChI=1S/C18H19N3O5S/c1-13-2-7-16(27-13)8-9-18(23)26-12-17(22)20-11-10-19-14-3-5-15(6-4-14)21(24)25/h2-9,19H,10-12H2,1H3,(H,20,22)/b9-8+. The molecule has 0 saturated heterocycles. The average Bonchev–Trinajstić information content (AvgIpc) is 3.07. The number of rotatable bonds is 9. The van der Waals surface area contributed by atoms with Crippen LogP contribution in [0.5, 0.6) is 0 Å². The number of benzene rings is 1. The molecule has 0 spiro atoms. The Morgan fingerprint density at radius 2 is 1.93 bits per heavy atom. The number of nitro benzene ring substituents is 1. The number of nitro groups is 1. The minimum absolute atomic E-state index is 0.0129. The highest BCUT2D eigenvalue weighted by Crippen LogP contribution is 2.16. The van der Waals surface area contributed by atoms with Crippen LogP contribution in [0.15, 0.2) is 42.5 Å². The number of esters is 1. The van der Waals surface area contributed by atoms with Gasteiger partial charge in [0.2, 0.25) is 0 Å². The normalized spacial score (nSPS) is 10.6. The summed E-state index contributed by atoms with van der Waals surface area (Å²) >= 11 is 1.55. The van der Waals surface area contributed by atoms with E-state index in [-0.39, 0.29) is 12.3 Å². The molecule has 0 bridgehead atoms. The molecule has 0 aliphatic heterocycles. The van der Waals surface area contributed by atoms with Gasteiger partial charge < -0.3 is 15.4 Å². The zero-order chi connectivity index (χ0) is 19.6. The lowest BCUT2D eigenvalue weighted by atomic mass is 10.3. The van der Waals surface area contributed by atoms with E-state index in [1.807, 2.05) is 19.1 Å². The van der Waals surface area contributed by atoms with Gasteiger partial charge in [0.05, 0.1) is 4.92 Å². The van der Waals surface area contributed by atoms with Gasteiger partial charge >= 0.3 is 5.97 Å². The van der Waals surface area contributed by atoms with Gasteiger partial charge in [-0.15, -0.1) is 11.3 Å². The highest BCUT2D eigenvalue weighted by molar-refractivity contribution is 7.12. The Balaban J connectivity index is 1.61. The number of hydrogen-bond donors (Lipinski definition) is 2. The molecule has 2 aromatic rings. The third kappa shape index (κ3) is 7.28. The molecule has 0 radical (unpaired) electrons. The summed E-state index contributed by atoms with van der Waals surface area (Å²) in [5.41, 5.74) is 0.717. The zero-order valence-electron chi connectivity index (χ0n) is 14.6. The van der Waals surface area contributed by atoms with Crippen molar-refractivity contribution < 1.29 is 19.2 Å². The molecule has 2 N–H and O–H groups in total. The Kier molecular flexibility index (Phi) is 7.50. The molecule has 0 aliphatic carbocycles. The van der Waals surface area contributed by atoms with Crippen molar-refractivity contribution in [2.45, 2.75) is 6.92 Å². The van der Waals surface area contributed by atoms with Gasteiger partial charge in [-0.2, -0.15) is 0 Å². The van der Waals surface area contributed by atoms with Crippen LogP contribution in [0.2, 0.25) is 0 Å². The van der Waals surface area contributed by atoms with Crippen molar-refractivity contribution in [2.75, 3.05) is 25.0 Å². The van der Waals surface area contributed by atoms with Gasteiger partial charge in [0.15, 0.2) is 6.61 Å². The number of non-ortho nitro benzene ring substituents is 1. The number of ether oxygens (including phenoxy) is 1. The maximum atomic E-state index is 11.6. The van der Waals surface area contributed by atoms with Crippen LogP contribution in [0.4, 0.5) is 11.4 Å². The molecule has 27 heavy (non-hydrogen) atoms.